The Kier molecular flexibility index (Phi) is 3.19. The summed E-state index contributed by atoms with van der Waals surface area (Å²) in [7, 11) is 1.81. The largest absolute Gasteiger partial charge is 0.391 e. The molecule has 1 heterocycles. The van der Waals surface area contributed by atoms with Gasteiger partial charge in [0.1, 0.15) is 5.69 Å². The van der Waals surface area contributed by atoms with Crippen molar-refractivity contribution in [3.8, 4) is 0 Å². The second kappa shape index (κ2) is 4.06. The number of aromatic nitrogens is 1. The zero-order valence-electron chi connectivity index (χ0n) is 9.61. The first kappa shape index (κ1) is 11.8. The lowest BCUT2D eigenvalue weighted by Gasteiger charge is -2.29. The molecule has 1 unspecified atom stereocenters. The quantitative estimate of drug-likeness (QED) is 0.779. The highest BCUT2D eigenvalue weighted by Gasteiger charge is 2.27. The second-order valence-corrected chi connectivity index (χ2v) is 4.36. The third kappa shape index (κ3) is 2.59. The number of hydrogen-bond donors (Lipinski definition) is 2. The van der Waals surface area contributed by atoms with Crippen molar-refractivity contribution >= 4 is 5.91 Å². The highest BCUT2D eigenvalue weighted by atomic mass is 16.3. The minimum atomic E-state index is -0.624. The average Bonchev–Trinajstić information content (AvgIpc) is 2.50. The van der Waals surface area contributed by atoms with Crippen LogP contribution in [0.2, 0.25) is 0 Å². The highest BCUT2D eigenvalue weighted by molar-refractivity contribution is 5.93. The van der Waals surface area contributed by atoms with Crippen LogP contribution >= 0.6 is 0 Å². The van der Waals surface area contributed by atoms with Crippen LogP contribution in [0.1, 0.15) is 31.3 Å². The molecule has 0 aliphatic carbocycles. The number of carbonyl (C=O) groups is 1. The molecule has 1 aromatic rings. The van der Waals surface area contributed by atoms with E-state index in [1.165, 1.54) is 0 Å². The summed E-state index contributed by atoms with van der Waals surface area (Å²) in [5.41, 5.74) is -0.0369. The number of carbonyl (C=O) groups excluding carboxylic acids is 1. The maximum absolute atomic E-state index is 11.8. The number of amides is 1. The van der Waals surface area contributed by atoms with Crippen molar-refractivity contribution in [3.05, 3.63) is 24.0 Å². The molecule has 1 amide bonds. The van der Waals surface area contributed by atoms with Gasteiger partial charge in [0.25, 0.3) is 5.91 Å². The molecule has 0 aliphatic heterocycles. The minimum absolute atomic E-state index is 0.173. The number of nitrogens with one attached hydrogen (secondary N) is 1. The Balaban J connectivity index is 2.77. The molecular weight excluding hydrogens is 192 g/mol. The highest BCUT2D eigenvalue weighted by Crippen LogP contribution is 2.10. The normalized spacial score (nSPS) is 13.7. The number of rotatable bonds is 3. The molecule has 4 nitrogen and oxygen atoms in total. The van der Waals surface area contributed by atoms with Crippen molar-refractivity contribution in [3.63, 3.8) is 0 Å². The number of hydrogen-bond acceptors (Lipinski definition) is 2. The predicted molar refractivity (Wildman–Crippen MR) is 58.6 cm³/mol. The molecule has 0 saturated heterocycles. The van der Waals surface area contributed by atoms with Crippen molar-refractivity contribution in [1.29, 1.82) is 0 Å². The maximum atomic E-state index is 11.8. The lowest BCUT2D eigenvalue weighted by atomic mass is 9.98. The lowest BCUT2D eigenvalue weighted by molar-refractivity contribution is 0.0703. The molecular formula is C11H18N2O2. The van der Waals surface area contributed by atoms with Gasteiger partial charge in [-0.25, -0.2) is 0 Å². The van der Waals surface area contributed by atoms with Gasteiger partial charge in [0, 0.05) is 13.2 Å². The molecule has 0 saturated carbocycles. The van der Waals surface area contributed by atoms with E-state index in [9.17, 15) is 9.90 Å². The molecule has 0 aromatic carbocycles. The van der Waals surface area contributed by atoms with Gasteiger partial charge in [-0.1, -0.05) is 0 Å². The number of nitrogens with zero attached hydrogens (tertiary/aromatic N) is 1. The second-order valence-electron chi connectivity index (χ2n) is 4.36. The average molecular weight is 210 g/mol. The molecule has 0 spiro atoms. The van der Waals surface area contributed by atoms with Crippen LogP contribution in [-0.4, -0.2) is 27.2 Å². The summed E-state index contributed by atoms with van der Waals surface area (Å²) < 4.78 is 1.74. The first-order chi connectivity index (χ1) is 6.84. The summed E-state index contributed by atoms with van der Waals surface area (Å²) >= 11 is 0. The van der Waals surface area contributed by atoms with Gasteiger partial charge in [-0.15, -0.1) is 0 Å². The van der Waals surface area contributed by atoms with Gasteiger partial charge in [0.15, 0.2) is 0 Å². The Labute approximate surface area is 89.9 Å². The van der Waals surface area contributed by atoms with Gasteiger partial charge in [0.2, 0.25) is 0 Å². The van der Waals surface area contributed by atoms with Crippen LogP contribution in [0.5, 0.6) is 0 Å². The van der Waals surface area contributed by atoms with E-state index in [1.54, 1.807) is 31.4 Å². The third-order valence-corrected chi connectivity index (χ3v) is 2.66. The van der Waals surface area contributed by atoms with Crippen molar-refractivity contribution in [1.82, 2.24) is 9.88 Å². The fourth-order valence-electron chi connectivity index (χ4n) is 1.16. The predicted octanol–water partition coefficient (Wildman–Crippen LogP) is 0.914. The SMILES string of the molecule is CC(O)C(C)(C)NC(=O)c1cccn1C. The molecule has 2 N–H and O–H groups in total. The van der Waals surface area contributed by atoms with Crippen molar-refractivity contribution < 1.29 is 9.90 Å². The van der Waals surface area contributed by atoms with E-state index in [0.29, 0.717) is 5.69 Å². The van der Waals surface area contributed by atoms with Crippen LogP contribution in [0.4, 0.5) is 0 Å². The molecule has 1 atom stereocenters. The van der Waals surface area contributed by atoms with Crippen LogP contribution < -0.4 is 5.32 Å². The standard InChI is InChI=1S/C11H18N2O2/c1-8(14)11(2,3)12-10(15)9-6-5-7-13(9)4/h5-8,14H,1-4H3,(H,12,15). The van der Waals surface area contributed by atoms with Crippen molar-refractivity contribution in [2.45, 2.75) is 32.4 Å². The topological polar surface area (TPSA) is 54.3 Å². The Hall–Kier alpha value is -1.29. The van der Waals surface area contributed by atoms with Gasteiger partial charge in [-0.3, -0.25) is 4.79 Å². The fraction of sp³-hybridized carbons (Fsp3) is 0.545. The Bertz CT molecular complexity index is 353. The van der Waals surface area contributed by atoms with Crippen molar-refractivity contribution in [2.24, 2.45) is 7.05 Å². The van der Waals surface area contributed by atoms with Crippen molar-refractivity contribution in [2.75, 3.05) is 0 Å². The summed E-state index contributed by atoms with van der Waals surface area (Å²) in [6, 6.07) is 3.55. The maximum Gasteiger partial charge on any atom is 0.268 e. The van der Waals surface area contributed by atoms with Gasteiger partial charge in [-0.2, -0.15) is 0 Å². The van der Waals surface area contributed by atoms with Gasteiger partial charge in [-0.05, 0) is 32.9 Å². The van der Waals surface area contributed by atoms with E-state index in [4.69, 9.17) is 0 Å². The van der Waals surface area contributed by atoms with Crippen LogP contribution in [-0.2, 0) is 7.05 Å². The molecule has 0 fully saturated rings. The number of aliphatic hydroxyl groups excluding tert-OH is 1. The molecule has 15 heavy (non-hydrogen) atoms. The summed E-state index contributed by atoms with van der Waals surface area (Å²) in [6.07, 6.45) is 1.21. The van der Waals surface area contributed by atoms with E-state index in [1.807, 2.05) is 19.3 Å². The molecule has 1 rings (SSSR count). The summed E-state index contributed by atoms with van der Waals surface area (Å²) in [5.74, 6) is -0.173. The lowest BCUT2D eigenvalue weighted by Crippen LogP contribution is -2.51. The third-order valence-electron chi connectivity index (χ3n) is 2.66. The first-order valence-electron chi connectivity index (χ1n) is 4.96. The molecule has 84 valence electrons. The summed E-state index contributed by atoms with van der Waals surface area (Å²) in [6.45, 7) is 5.24. The van der Waals surface area contributed by atoms with Crippen LogP contribution in [0.15, 0.2) is 18.3 Å². The summed E-state index contributed by atoms with van der Waals surface area (Å²) in [4.78, 5) is 11.8. The Morgan fingerprint density at radius 3 is 2.60 bits per heavy atom. The van der Waals surface area contributed by atoms with E-state index < -0.39 is 11.6 Å². The monoisotopic (exact) mass is 210 g/mol. The molecule has 4 heteroatoms. The molecule has 1 aromatic heterocycles. The zero-order valence-corrected chi connectivity index (χ0v) is 9.61. The minimum Gasteiger partial charge on any atom is -0.391 e. The molecule has 0 radical (unpaired) electrons. The van der Waals surface area contributed by atoms with E-state index in [-0.39, 0.29) is 5.91 Å². The Morgan fingerprint density at radius 1 is 1.60 bits per heavy atom. The number of aryl methyl sites for hydroxylation is 1. The fourth-order valence-corrected chi connectivity index (χ4v) is 1.16. The van der Waals surface area contributed by atoms with E-state index in [0.717, 1.165) is 0 Å². The van der Waals surface area contributed by atoms with Gasteiger partial charge >= 0.3 is 0 Å². The van der Waals surface area contributed by atoms with E-state index >= 15 is 0 Å². The zero-order chi connectivity index (χ0) is 11.6. The van der Waals surface area contributed by atoms with Gasteiger partial charge < -0.3 is 15.0 Å². The van der Waals surface area contributed by atoms with Crippen LogP contribution in [0.25, 0.3) is 0 Å². The van der Waals surface area contributed by atoms with Crippen LogP contribution in [0.3, 0.4) is 0 Å². The number of aliphatic hydroxyl groups is 1. The Morgan fingerprint density at radius 2 is 2.20 bits per heavy atom. The van der Waals surface area contributed by atoms with Gasteiger partial charge in [0.05, 0.1) is 11.6 Å². The molecule has 0 bridgehead atoms. The smallest absolute Gasteiger partial charge is 0.268 e. The van der Waals surface area contributed by atoms with E-state index in [2.05, 4.69) is 5.32 Å². The first-order valence-corrected chi connectivity index (χ1v) is 4.96. The molecule has 0 aliphatic rings. The summed E-state index contributed by atoms with van der Waals surface area (Å²) in [5, 5.41) is 12.3. The van der Waals surface area contributed by atoms with Crippen LogP contribution in [0, 0.1) is 0 Å².